The predicted octanol–water partition coefficient (Wildman–Crippen LogP) is 4.26. The monoisotopic (exact) mass is 336 g/mol. The second kappa shape index (κ2) is 8.56. The summed E-state index contributed by atoms with van der Waals surface area (Å²) in [4.78, 5) is 12.9. The van der Waals surface area contributed by atoms with Crippen molar-refractivity contribution in [3.63, 3.8) is 0 Å². The minimum Gasteiger partial charge on any atom is -0.497 e. The molecule has 0 radical (unpaired) electrons. The zero-order valence-corrected chi connectivity index (χ0v) is 13.7. The number of nitrogens with one attached hydrogen (secondary N) is 2. The van der Waals surface area contributed by atoms with Crippen LogP contribution < -0.4 is 15.4 Å². The third-order valence-electron chi connectivity index (χ3n) is 2.80. The van der Waals surface area contributed by atoms with Gasteiger partial charge in [-0.3, -0.25) is 0 Å². The largest absolute Gasteiger partial charge is 0.497 e. The molecule has 2 N–H and O–H groups in total. The molecule has 0 saturated heterocycles. The van der Waals surface area contributed by atoms with Gasteiger partial charge in [0.1, 0.15) is 5.75 Å². The highest BCUT2D eigenvalue weighted by Gasteiger charge is 2.02. The topological polar surface area (TPSA) is 50.4 Å². The number of amides is 2. The fraction of sp³-hybridized carbons (Fsp3) is 0.188. The van der Waals surface area contributed by atoms with E-state index in [0.717, 1.165) is 15.7 Å². The second-order valence-electron chi connectivity index (χ2n) is 4.42. The number of carbonyl (C=O) groups excluding carboxylic acids is 1. The van der Waals surface area contributed by atoms with Gasteiger partial charge >= 0.3 is 6.03 Å². The quantitative estimate of drug-likeness (QED) is 0.612. The molecule has 0 atom stereocenters. The molecule has 0 unspecified atom stereocenters. The number of hydrogen-bond donors (Lipinski definition) is 2. The molecule has 0 saturated carbocycles. The van der Waals surface area contributed by atoms with E-state index in [1.165, 1.54) is 0 Å². The molecular formula is C16H17ClN2O2S. The van der Waals surface area contributed by atoms with Crippen LogP contribution in [0.1, 0.15) is 0 Å². The number of methoxy groups -OCH3 is 1. The Morgan fingerprint density at radius 3 is 2.73 bits per heavy atom. The van der Waals surface area contributed by atoms with E-state index in [0.29, 0.717) is 18.0 Å². The van der Waals surface area contributed by atoms with Crippen molar-refractivity contribution in [1.29, 1.82) is 0 Å². The van der Waals surface area contributed by atoms with E-state index in [2.05, 4.69) is 10.6 Å². The molecule has 0 fully saturated rings. The summed E-state index contributed by atoms with van der Waals surface area (Å²) in [5, 5.41) is 6.30. The van der Waals surface area contributed by atoms with E-state index in [9.17, 15) is 4.79 Å². The van der Waals surface area contributed by atoms with Crippen molar-refractivity contribution in [1.82, 2.24) is 5.32 Å². The standard InChI is InChI=1S/C16H17ClN2O2S/c1-21-14-4-2-3-13(11-14)19-16(20)18-9-10-22-15-7-5-12(17)6-8-15/h2-8,11H,9-10H2,1H3,(H2,18,19,20). The molecule has 0 aromatic heterocycles. The highest BCUT2D eigenvalue weighted by atomic mass is 35.5. The van der Waals surface area contributed by atoms with Crippen LogP contribution in [0.5, 0.6) is 5.75 Å². The summed E-state index contributed by atoms with van der Waals surface area (Å²) in [6, 6.07) is 14.6. The molecule has 4 nitrogen and oxygen atoms in total. The van der Waals surface area contributed by atoms with Crippen molar-refractivity contribution < 1.29 is 9.53 Å². The molecule has 0 heterocycles. The Balaban J connectivity index is 1.70. The van der Waals surface area contributed by atoms with Gasteiger partial charge in [-0.05, 0) is 36.4 Å². The van der Waals surface area contributed by atoms with Crippen LogP contribution in [0, 0.1) is 0 Å². The number of thioether (sulfide) groups is 1. The Bertz CT molecular complexity index is 620. The maximum Gasteiger partial charge on any atom is 0.319 e. The number of urea groups is 1. The first-order chi connectivity index (χ1) is 10.7. The second-order valence-corrected chi connectivity index (χ2v) is 6.02. The van der Waals surface area contributed by atoms with Crippen LogP contribution in [0.15, 0.2) is 53.4 Å². The Kier molecular flexibility index (Phi) is 6.43. The highest BCUT2D eigenvalue weighted by Crippen LogP contribution is 2.19. The smallest absolute Gasteiger partial charge is 0.319 e. The molecule has 116 valence electrons. The van der Waals surface area contributed by atoms with Gasteiger partial charge in [-0.25, -0.2) is 4.79 Å². The molecule has 0 spiro atoms. The number of hydrogen-bond acceptors (Lipinski definition) is 3. The third-order valence-corrected chi connectivity index (χ3v) is 4.06. The molecular weight excluding hydrogens is 320 g/mol. The molecule has 0 bridgehead atoms. The number of benzene rings is 2. The van der Waals surface area contributed by atoms with Gasteiger partial charge in [0.25, 0.3) is 0 Å². The van der Waals surface area contributed by atoms with Crippen LogP contribution in [0.3, 0.4) is 0 Å². The first-order valence-electron chi connectivity index (χ1n) is 6.74. The van der Waals surface area contributed by atoms with E-state index in [4.69, 9.17) is 16.3 Å². The van der Waals surface area contributed by atoms with Crippen LogP contribution in [-0.2, 0) is 0 Å². The van der Waals surface area contributed by atoms with Gasteiger partial charge < -0.3 is 15.4 Å². The van der Waals surface area contributed by atoms with Crippen molar-refractivity contribution >= 4 is 35.1 Å². The number of rotatable bonds is 6. The van der Waals surface area contributed by atoms with E-state index in [-0.39, 0.29) is 6.03 Å². The Hall–Kier alpha value is -1.85. The molecule has 2 aromatic rings. The number of carbonyl (C=O) groups is 1. The average Bonchev–Trinajstić information content (AvgIpc) is 2.53. The minimum absolute atomic E-state index is 0.232. The third kappa shape index (κ3) is 5.50. The summed E-state index contributed by atoms with van der Waals surface area (Å²) in [7, 11) is 1.59. The van der Waals surface area contributed by atoms with Crippen LogP contribution in [0.2, 0.25) is 5.02 Å². The molecule has 2 amide bonds. The van der Waals surface area contributed by atoms with Gasteiger partial charge in [0.05, 0.1) is 7.11 Å². The lowest BCUT2D eigenvalue weighted by atomic mass is 10.3. The predicted molar refractivity (Wildman–Crippen MR) is 92.2 cm³/mol. The van der Waals surface area contributed by atoms with Gasteiger partial charge in [-0.1, -0.05) is 17.7 Å². The average molecular weight is 337 g/mol. The van der Waals surface area contributed by atoms with E-state index >= 15 is 0 Å². The summed E-state index contributed by atoms with van der Waals surface area (Å²) in [6.45, 7) is 0.573. The van der Waals surface area contributed by atoms with Crippen LogP contribution >= 0.6 is 23.4 Å². The zero-order valence-electron chi connectivity index (χ0n) is 12.1. The fourth-order valence-corrected chi connectivity index (χ4v) is 2.63. The highest BCUT2D eigenvalue weighted by molar-refractivity contribution is 7.99. The molecule has 2 rings (SSSR count). The first-order valence-corrected chi connectivity index (χ1v) is 8.11. The van der Waals surface area contributed by atoms with Crippen molar-refractivity contribution in [3.05, 3.63) is 53.6 Å². The fourth-order valence-electron chi connectivity index (χ4n) is 1.74. The first kappa shape index (κ1) is 16.5. The number of anilines is 1. The summed E-state index contributed by atoms with van der Waals surface area (Å²) in [5.41, 5.74) is 0.696. The van der Waals surface area contributed by atoms with Crippen molar-refractivity contribution in [2.45, 2.75) is 4.90 Å². The maximum atomic E-state index is 11.8. The molecule has 0 aliphatic carbocycles. The summed E-state index contributed by atoms with van der Waals surface area (Å²) >= 11 is 7.49. The lowest BCUT2D eigenvalue weighted by Gasteiger charge is -2.08. The molecule has 0 aliphatic heterocycles. The summed E-state index contributed by atoms with van der Waals surface area (Å²) in [6.07, 6.45) is 0. The van der Waals surface area contributed by atoms with Crippen LogP contribution in [0.4, 0.5) is 10.5 Å². The lowest BCUT2D eigenvalue weighted by molar-refractivity contribution is 0.252. The number of ether oxygens (including phenoxy) is 1. The summed E-state index contributed by atoms with van der Waals surface area (Å²) < 4.78 is 5.11. The SMILES string of the molecule is COc1cccc(NC(=O)NCCSc2ccc(Cl)cc2)c1. The molecule has 6 heteroatoms. The van der Waals surface area contributed by atoms with Crippen LogP contribution in [0.25, 0.3) is 0 Å². The zero-order chi connectivity index (χ0) is 15.8. The Labute approximate surface area is 139 Å². The van der Waals surface area contributed by atoms with Gasteiger partial charge in [-0.15, -0.1) is 11.8 Å². The molecule has 22 heavy (non-hydrogen) atoms. The van der Waals surface area contributed by atoms with E-state index in [1.54, 1.807) is 24.9 Å². The van der Waals surface area contributed by atoms with Gasteiger partial charge in [0.15, 0.2) is 0 Å². The molecule has 0 aliphatic rings. The lowest BCUT2D eigenvalue weighted by Crippen LogP contribution is -2.30. The van der Waals surface area contributed by atoms with Crippen molar-refractivity contribution in [2.24, 2.45) is 0 Å². The van der Waals surface area contributed by atoms with Gasteiger partial charge in [0.2, 0.25) is 0 Å². The van der Waals surface area contributed by atoms with E-state index < -0.39 is 0 Å². The maximum absolute atomic E-state index is 11.8. The normalized spacial score (nSPS) is 10.1. The minimum atomic E-state index is -0.232. The summed E-state index contributed by atoms with van der Waals surface area (Å²) in [5.74, 6) is 1.49. The van der Waals surface area contributed by atoms with Crippen molar-refractivity contribution in [2.75, 3.05) is 24.7 Å². The van der Waals surface area contributed by atoms with Crippen molar-refractivity contribution in [3.8, 4) is 5.75 Å². The van der Waals surface area contributed by atoms with E-state index in [1.807, 2.05) is 42.5 Å². The Morgan fingerprint density at radius 2 is 2.00 bits per heavy atom. The van der Waals surface area contributed by atoms with Gasteiger partial charge in [0, 0.05) is 34.0 Å². The molecule has 2 aromatic carbocycles. The number of halogens is 1. The van der Waals surface area contributed by atoms with Gasteiger partial charge in [-0.2, -0.15) is 0 Å². The van der Waals surface area contributed by atoms with Crippen LogP contribution in [-0.4, -0.2) is 25.4 Å². The Morgan fingerprint density at radius 1 is 1.23 bits per heavy atom.